The number of anilines is 3. The van der Waals surface area contributed by atoms with Crippen LogP contribution in [0.4, 0.5) is 30.2 Å². The predicted octanol–water partition coefficient (Wildman–Crippen LogP) is 5.01. The van der Waals surface area contributed by atoms with Crippen molar-refractivity contribution in [3.05, 3.63) is 88.9 Å². The van der Waals surface area contributed by atoms with E-state index in [1.54, 1.807) is 65.6 Å². The molecule has 0 saturated heterocycles. The lowest BCUT2D eigenvalue weighted by Gasteiger charge is -2.29. The Labute approximate surface area is 238 Å². The second-order valence-electron chi connectivity index (χ2n) is 9.51. The first-order valence-electron chi connectivity index (χ1n) is 12.6. The molecule has 4 N–H and O–H groups in total. The van der Waals surface area contributed by atoms with Crippen molar-refractivity contribution in [2.75, 3.05) is 16.8 Å². The Bertz CT molecular complexity index is 1490. The molecule has 0 bridgehead atoms. The Morgan fingerprint density at radius 3 is 2.49 bits per heavy atom. The lowest BCUT2D eigenvalue weighted by atomic mass is 9.81. The molecule has 0 fully saturated rings. The minimum atomic E-state index is -4.60. The zero-order valence-electron chi connectivity index (χ0n) is 21.5. The summed E-state index contributed by atoms with van der Waals surface area (Å²) in [5.41, 5.74) is 7.47. The molecule has 4 rings (SSSR count). The van der Waals surface area contributed by atoms with E-state index in [2.05, 4.69) is 10.6 Å². The Balaban J connectivity index is 1.71. The maximum absolute atomic E-state index is 13.6. The highest BCUT2D eigenvalue weighted by Gasteiger charge is 2.40. The van der Waals surface area contributed by atoms with Crippen LogP contribution in [0.2, 0.25) is 5.02 Å². The molecule has 3 aromatic rings. The summed E-state index contributed by atoms with van der Waals surface area (Å²) in [4.78, 5) is 41.1. The highest BCUT2D eigenvalue weighted by atomic mass is 35.5. The molecule has 3 amide bonds. The van der Waals surface area contributed by atoms with Gasteiger partial charge in [0.05, 0.1) is 46.4 Å². The van der Waals surface area contributed by atoms with Gasteiger partial charge in [-0.25, -0.2) is 0 Å². The van der Waals surface area contributed by atoms with Crippen LogP contribution in [0.15, 0.2) is 72.8 Å². The summed E-state index contributed by atoms with van der Waals surface area (Å²) in [6.07, 6.45) is -6.67. The van der Waals surface area contributed by atoms with E-state index >= 15 is 0 Å². The van der Waals surface area contributed by atoms with Crippen LogP contribution in [0.1, 0.15) is 29.9 Å². The van der Waals surface area contributed by atoms with Gasteiger partial charge in [-0.2, -0.15) is 18.4 Å². The number of amides is 3. The second kappa shape index (κ2) is 12.3. The van der Waals surface area contributed by atoms with Gasteiger partial charge >= 0.3 is 6.18 Å². The minimum absolute atomic E-state index is 0.154. The Kier molecular flexibility index (Phi) is 8.83. The molecule has 0 spiro atoms. The predicted molar refractivity (Wildman–Crippen MR) is 147 cm³/mol. The number of nitrogens with two attached hydrogens (primary N) is 1. The topological polar surface area (TPSA) is 128 Å². The first kappa shape index (κ1) is 29.4. The fourth-order valence-electron chi connectivity index (χ4n) is 4.84. The van der Waals surface area contributed by atoms with Gasteiger partial charge in [-0.1, -0.05) is 54.1 Å². The molecule has 1 aliphatic rings. The van der Waals surface area contributed by atoms with E-state index < -0.39 is 54.6 Å². The van der Waals surface area contributed by atoms with E-state index in [1.165, 1.54) is 12.1 Å². The van der Waals surface area contributed by atoms with E-state index in [1.807, 2.05) is 6.07 Å². The van der Waals surface area contributed by atoms with Gasteiger partial charge in [0, 0.05) is 12.1 Å². The molecule has 41 heavy (non-hydrogen) atoms. The maximum atomic E-state index is 13.6. The number of halogens is 4. The molecule has 12 heteroatoms. The SMILES string of the molecule is N#Cc1cccc(N2C[C@H](NC(=O)[C@H](CCC(F)(F)F)[C@@H](C(N)=O)c3ccccc3)C(=O)Nc3c(Cl)cccc32)c1. The third-order valence-corrected chi connectivity index (χ3v) is 7.07. The number of alkyl halides is 3. The van der Waals surface area contributed by atoms with E-state index in [-0.39, 0.29) is 22.8 Å². The maximum Gasteiger partial charge on any atom is 0.389 e. The number of carbonyl (C=O) groups is 3. The number of primary amides is 1. The van der Waals surface area contributed by atoms with Crippen LogP contribution in [-0.4, -0.2) is 36.5 Å². The van der Waals surface area contributed by atoms with Crippen LogP contribution in [0.5, 0.6) is 0 Å². The molecular weight excluding hydrogens is 559 g/mol. The molecular formula is C29H25ClF3N5O3. The van der Waals surface area contributed by atoms with Gasteiger partial charge in [0.25, 0.3) is 0 Å². The molecule has 0 radical (unpaired) electrons. The van der Waals surface area contributed by atoms with Gasteiger partial charge in [-0.3, -0.25) is 14.4 Å². The molecule has 0 saturated carbocycles. The van der Waals surface area contributed by atoms with Gasteiger partial charge in [-0.15, -0.1) is 0 Å². The number of nitriles is 1. The fourth-order valence-corrected chi connectivity index (χ4v) is 5.05. The standard InChI is InChI=1S/C29H25ClF3N5O3/c30-21-10-5-11-23-25(21)37-28(41)22(16-38(23)19-9-4-6-17(14-19)15-34)36-27(40)20(12-13-29(31,32)33)24(26(35)39)18-7-2-1-3-8-18/h1-11,14,20,22,24H,12-13,16H2,(H2,35,39)(H,36,40)(H,37,41)/t20-,22+,24+/m1/s1. The summed E-state index contributed by atoms with van der Waals surface area (Å²) in [7, 11) is 0. The highest BCUT2D eigenvalue weighted by Crippen LogP contribution is 2.39. The third-order valence-electron chi connectivity index (χ3n) is 6.76. The number of nitrogens with zero attached hydrogens (tertiary/aromatic N) is 2. The first-order chi connectivity index (χ1) is 19.5. The van der Waals surface area contributed by atoms with E-state index in [0.29, 0.717) is 16.9 Å². The van der Waals surface area contributed by atoms with Crippen LogP contribution >= 0.6 is 11.6 Å². The molecule has 0 unspecified atom stereocenters. The Morgan fingerprint density at radius 2 is 1.83 bits per heavy atom. The van der Waals surface area contributed by atoms with Crippen molar-refractivity contribution in [3.8, 4) is 6.07 Å². The molecule has 1 aliphatic heterocycles. The quantitative estimate of drug-likeness (QED) is 0.343. The average molecular weight is 584 g/mol. The normalized spacial score (nSPS) is 16.4. The first-order valence-corrected chi connectivity index (χ1v) is 12.9. The van der Waals surface area contributed by atoms with Crippen LogP contribution < -0.4 is 21.3 Å². The van der Waals surface area contributed by atoms with Gasteiger partial charge in [0.15, 0.2) is 0 Å². The minimum Gasteiger partial charge on any atom is -0.369 e. The zero-order chi connectivity index (χ0) is 29.7. The number of para-hydroxylation sites is 1. The van der Waals surface area contributed by atoms with Crippen molar-refractivity contribution in [2.45, 2.75) is 31.0 Å². The van der Waals surface area contributed by atoms with E-state index in [9.17, 15) is 32.8 Å². The molecule has 0 aliphatic carbocycles. The van der Waals surface area contributed by atoms with Crippen molar-refractivity contribution >= 4 is 46.4 Å². The van der Waals surface area contributed by atoms with Gasteiger partial charge in [-0.05, 0) is 42.3 Å². The van der Waals surface area contributed by atoms with Crippen LogP contribution in [0.3, 0.4) is 0 Å². The fraction of sp³-hybridized carbons (Fsp3) is 0.241. The summed E-state index contributed by atoms with van der Waals surface area (Å²) in [6.45, 7) is -0.154. The monoisotopic (exact) mass is 583 g/mol. The van der Waals surface area contributed by atoms with Crippen molar-refractivity contribution in [2.24, 2.45) is 11.7 Å². The third kappa shape index (κ3) is 6.96. The summed E-state index contributed by atoms with van der Waals surface area (Å²) in [5, 5.41) is 14.9. The highest BCUT2D eigenvalue weighted by molar-refractivity contribution is 6.34. The molecule has 8 nitrogen and oxygen atoms in total. The van der Waals surface area contributed by atoms with Gasteiger partial charge in [0.1, 0.15) is 6.04 Å². The number of hydrogen-bond acceptors (Lipinski definition) is 5. The molecule has 212 valence electrons. The van der Waals surface area contributed by atoms with Gasteiger partial charge < -0.3 is 21.3 Å². The number of rotatable bonds is 8. The smallest absolute Gasteiger partial charge is 0.369 e. The summed E-state index contributed by atoms with van der Waals surface area (Å²) >= 11 is 6.38. The van der Waals surface area contributed by atoms with Crippen molar-refractivity contribution in [3.63, 3.8) is 0 Å². The number of nitrogens with one attached hydrogen (secondary N) is 2. The Morgan fingerprint density at radius 1 is 1.12 bits per heavy atom. The molecule has 0 aromatic heterocycles. The summed E-state index contributed by atoms with van der Waals surface area (Å²) in [5.74, 6) is -5.48. The van der Waals surface area contributed by atoms with Crippen LogP contribution in [0.25, 0.3) is 0 Å². The van der Waals surface area contributed by atoms with Crippen LogP contribution in [-0.2, 0) is 14.4 Å². The number of hydrogen-bond donors (Lipinski definition) is 3. The lowest BCUT2D eigenvalue weighted by molar-refractivity contribution is -0.144. The zero-order valence-corrected chi connectivity index (χ0v) is 22.2. The lowest BCUT2D eigenvalue weighted by Crippen LogP contribution is -2.51. The average Bonchev–Trinajstić information content (AvgIpc) is 3.07. The van der Waals surface area contributed by atoms with Crippen molar-refractivity contribution in [1.29, 1.82) is 5.26 Å². The Hall–Kier alpha value is -4.56. The second-order valence-corrected chi connectivity index (χ2v) is 9.92. The molecule has 3 atom stereocenters. The molecule has 3 aromatic carbocycles. The summed E-state index contributed by atoms with van der Waals surface area (Å²) < 4.78 is 39.8. The van der Waals surface area contributed by atoms with E-state index in [4.69, 9.17) is 17.3 Å². The number of carbonyl (C=O) groups excluding carboxylic acids is 3. The molecule has 1 heterocycles. The number of benzene rings is 3. The number of fused-ring (bicyclic) bond motifs is 1. The van der Waals surface area contributed by atoms with Gasteiger partial charge in [0.2, 0.25) is 17.7 Å². The van der Waals surface area contributed by atoms with Crippen LogP contribution in [0, 0.1) is 17.2 Å². The van der Waals surface area contributed by atoms with E-state index in [0.717, 1.165) is 0 Å². The van der Waals surface area contributed by atoms with Crippen molar-refractivity contribution < 1.29 is 27.6 Å². The van der Waals surface area contributed by atoms with Crippen molar-refractivity contribution in [1.82, 2.24) is 5.32 Å². The summed E-state index contributed by atoms with van der Waals surface area (Å²) in [6, 6.07) is 20.0. The largest absolute Gasteiger partial charge is 0.389 e.